The van der Waals surface area contributed by atoms with Gasteiger partial charge in [0.05, 0.1) is 57.2 Å². The third-order valence-electron chi connectivity index (χ3n) is 21.1. The lowest BCUT2D eigenvalue weighted by Gasteiger charge is -2.23. The average Bonchev–Trinajstić information content (AvgIpc) is 1.58. The highest BCUT2D eigenvalue weighted by Gasteiger charge is 2.52. The van der Waals surface area contributed by atoms with Crippen molar-refractivity contribution in [1.29, 1.82) is 0 Å². The number of benzene rings is 2. The summed E-state index contributed by atoms with van der Waals surface area (Å²) in [7, 11) is -43.0. The van der Waals surface area contributed by atoms with Crippen LogP contribution in [-0.2, 0) is 116 Å². The van der Waals surface area contributed by atoms with Crippen molar-refractivity contribution >= 4 is 158 Å². The molecule has 12 atom stereocenters. The van der Waals surface area contributed by atoms with Crippen molar-refractivity contribution in [2.45, 2.75) is 140 Å². The lowest BCUT2D eigenvalue weighted by molar-refractivity contribution is -0.696. The van der Waals surface area contributed by atoms with Gasteiger partial charge in [0.1, 0.15) is 72.4 Å². The van der Waals surface area contributed by atoms with Gasteiger partial charge in [-0.1, -0.05) is 12.8 Å². The number of nitrogens with zero attached hydrogens (tertiary/aromatic N) is 12. The van der Waals surface area contributed by atoms with Crippen LogP contribution in [-0.4, -0.2) is 252 Å². The third kappa shape index (κ3) is 33.2. The molecule has 776 valence electrons. The number of imidazole rings is 2. The fraction of sp³-hybridized carbons (Fsp3) is 0.447. The number of amides is 4. The van der Waals surface area contributed by atoms with Gasteiger partial charge in [-0.3, -0.25) is 27.8 Å². The number of aromatic nitrogens is 10. The zero-order valence-corrected chi connectivity index (χ0v) is 81.9. The van der Waals surface area contributed by atoms with Crippen LogP contribution >= 0.6 is 46.9 Å². The largest absolute Gasteiger partial charge is 0.748 e. The fourth-order valence-electron chi connectivity index (χ4n) is 14.6. The van der Waals surface area contributed by atoms with Crippen LogP contribution in [0.25, 0.3) is 66.5 Å². The molecule has 12 rings (SSSR count). The number of fused-ring (bicyclic) bond motifs is 4. The molecule has 2 aliphatic rings. The number of nitrogens with two attached hydrogens (primary N) is 2. The number of rotatable bonds is 50. The molecule has 4 amide bonds. The average molecular weight is 2160 g/mol. The summed E-state index contributed by atoms with van der Waals surface area (Å²) >= 11 is 0. The number of aliphatic hydroxyl groups is 2. The van der Waals surface area contributed by atoms with E-state index >= 15 is 0 Å². The van der Waals surface area contributed by atoms with E-state index in [1.54, 1.807) is 82.5 Å². The van der Waals surface area contributed by atoms with Gasteiger partial charge in [0.15, 0.2) is 72.4 Å². The number of nitrogens with one attached hydrogen (secondary N) is 4. The quantitative estimate of drug-likeness (QED) is 0.00856. The Balaban J connectivity index is 0.000000271. The lowest BCUT2D eigenvalue weighted by Crippen LogP contribution is -2.42. The first-order chi connectivity index (χ1) is 66.8. The fourth-order valence-corrected chi connectivity index (χ4v) is 21.6. The zero-order valence-electron chi connectivity index (χ0n) is 74.9. The monoisotopic (exact) mass is 2150 g/mol. The van der Waals surface area contributed by atoms with E-state index in [1.807, 2.05) is 38.1 Å². The second-order valence-corrected chi connectivity index (χ2v) is 43.2. The molecule has 0 aliphatic carbocycles. The summed E-state index contributed by atoms with van der Waals surface area (Å²) in [6.45, 7) is 4.69. The molecule has 18 N–H and O–H groups in total. The summed E-state index contributed by atoms with van der Waals surface area (Å²) < 4.78 is 199. The number of pyridine rings is 2. The number of aryl methyl sites for hydroxylation is 2. The number of carbonyl (C=O) groups excluding carboxylic acids is 4. The van der Waals surface area contributed by atoms with E-state index in [1.165, 1.54) is 9.13 Å². The van der Waals surface area contributed by atoms with Crippen LogP contribution in [0.5, 0.6) is 0 Å². The zero-order chi connectivity index (χ0) is 103. The van der Waals surface area contributed by atoms with Gasteiger partial charge in [0.25, 0.3) is 0 Å². The lowest BCUT2D eigenvalue weighted by atomic mass is 10.1. The number of carbonyl (C=O) groups is 4. The Hall–Kier alpha value is -10.6. The van der Waals surface area contributed by atoms with Gasteiger partial charge in [0.2, 0.25) is 11.8 Å². The highest BCUT2D eigenvalue weighted by atomic mass is 32.2. The first-order valence-electron chi connectivity index (χ1n) is 42.9. The van der Waals surface area contributed by atoms with Crippen LogP contribution in [0.4, 0.5) is 32.6 Å². The summed E-state index contributed by atoms with van der Waals surface area (Å²) in [6.07, 6.45) is 0.541. The molecule has 58 nitrogen and oxygen atoms in total. The van der Waals surface area contributed by atoms with Crippen molar-refractivity contribution < 1.29 is 185 Å². The van der Waals surface area contributed by atoms with Crippen LogP contribution in [0.15, 0.2) is 141 Å². The summed E-state index contributed by atoms with van der Waals surface area (Å²) in [5.41, 5.74) is 15.3. The molecule has 0 radical (unpaired) electrons. The summed E-state index contributed by atoms with van der Waals surface area (Å²) in [6, 6.07) is 21.4. The van der Waals surface area contributed by atoms with Gasteiger partial charge in [-0.15, -0.1) is 0 Å². The van der Waals surface area contributed by atoms with Crippen LogP contribution in [0.2, 0.25) is 0 Å². The van der Waals surface area contributed by atoms with E-state index in [2.05, 4.69) is 87.3 Å². The normalized spacial score (nSPS) is 19.0. The van der Waals surface area contributed by atoms with Crippen molar-refractivity contribution in [3.63, 3.8) is 0 Å². The number of hydrogen-bond acceptors (Lipinski definition) is 42. The Labute approximate surface area is 804 Å². The van der Waals surface area contributed by atoms with E-state index < -0.39 is 164 Å². The van der Waals surface area contributed by atoms with Gasteiger partial charge in [-0.05, 0) is 75.9 Å². The summed E-state index contributed by atoms with van der Waals surface area (Å²) in [5.74, 6) is -1.60. The number of anilines is 4. The van der Waals surface area contributed by atoms with Gasteiger partial charge < -0.3 is 129 Å². The molecule has 0 bridgehead atoms. The van der Waals surface area contributed by atoms with Crippen molar-refractivity contribution in [2.75, 3.05) is 98.3 Å². The molecule has 2 aliphatic heterocycles. The first kappa shape index (κ1) is 112. The number of aliphatic hydroxyl groups excluding tert-OH is 2. The second kappa shape index (κ2) is 48.9. The number of alkyl carbamates (subject to hydrolysis) is 2. The Morgan fingerprint density at radius 1 is 0.486 bits per heavy atom. The van der Waals surface area contributed by atoms with Gasteiger partial charge in [-0.2, -0.15) is 17.2 Å². The molecule has 142 heavy (non-hydrogen) atoms. The molecule has 8 aromatic heterocycles. The summed E-state index contributed by atoms with van der Waals surface area (Å²) in [4.78, 5) is 179. The van der Waals surface area contributed by atoms with Crippen LogP contribution in [0, 0.1) is 0 Å². The van der Waals surface area contributed by atoms with Gasteiger partial charge in [0, 0.05) is 159 Å². The maximum absolute atomic E-state index is 13.0. The Morgan fingerprint density at radius 2 is 0.880 bits per heavy atom. The Morgan fingerprint density at radius 3 is 1.29 bits per heavy atom. The van der Waals surface area contributed by atoms with Gasteiger partial charge >= 0.3 is 70.4 Å². The molecule has 2 saturated heterocycles. The molecular weight excluding hydrogens is 2050 g/mol. The SMILES string of the molecule is CCN(CCCCCC(=O)NCCNC(=O)O[C@@H]1[C@H](O)[C@@H](COP(=O)(O)OP(=O)(O)OP(=O)(O)O)O[C@H]1n1cnc2c(N)ncnc21)c1ccc2cc(-c3cc[n+](CCCS(=O)(=O)[O-])cc3)c(=O)oc2c1.CCN(CCCCCC(=O)NCCNC(=O)O[C@H]1[C@@H](O)[C@H](n2cnc3c(N)ncnc32)O[C@@H]1COP(=O)(O)OP(=O)(O)OP(=O)(O)O)c1ccc2cc(-c3cc[n+](CCCS(=O)(=O)[O-])cc3)c(=O)oc2c1. The predicted molar refractivity (Wildman–Crippen MR) is 489 cm³/mol. The van der Waals surface area contributed by atoms with Crippen molar-refractivity contribution in [3.8, 4) is 22.3 Å². The molecule has 0 spiro atoms. The second-order valence-electron chi connectivity index (χ2n) is 31.3. The van der Waals surface area contributed by atoms with Crippen LogP contribution in [0.3, 0.4) is 0 Å². The molecule has 10 aromatic rings. The minimum atomic E-state index is -5.88. The molecule has 2 fully saturated rings. The van der Waals surface area contributed by atoms with Crippen molar-refractivity contribution in [3.05, 3.63) is 144 Å². The van der Waals surface area contributed by atoms with E-state index in [9.17, 15) is 112 Å². The number of phosphoric acid groups is 6. The Kier molecular flexibility index (Phi) is 38.5. The number of nitrogen functional groups attached to an aromatic ring is 2. The highest BCUT2D eigenvalue weighted by molar-refractivity contribution is 7.85. The van der Waals surface area contributed by atoms with E-state index in [0.717, 1.165) is 49.5 Å². The number of hydrogen-bond donors (Lipinski definition) is 16. The molecular formula is C76H100N18O40P6S2. The topological polar surface area (TPSA) is 842 Å². The Bertz CT molecular complexity index is 6830. The highest BCUT2D eigenvalue weighted by Crippen LogP contribution is 2.68. The van der Waals surface area contributed by atoms with Gasteiger partial charge in [-0.25, -0.2) is 102 Å². The predicted octanol–water partition coefficient (Wildman–Crippen LogP) is 2.61. The molecule has 66 heteroatoms. The first-order valence-corrected chi connectivity index (χ1v) is 55.0. The smallest absolute Gasteiger partial charge is 0.490 e. The maximum Gasteiger partial charge on any atom is 0.490 e. The number of phosphoric ester groups is 2. The van der Waals surface area contributed by atoms with E-state index in [0.29, 0.717) is 109 Å². The minimum absolute atomic E-state index is 0.0130. The van der Waals surface area contributed by atoms with Crippen LogP contribution < -0.4 is 62.9 Å². The minimum Gasteiger partial charge on any atom is -0.748 e. The number of ether oxygens (including phenoxy) is 4. The third-order valence-corrected chi connectivity index (χ3v) is 30.3. The number of unbranched alkanes of at least 4 members (excludes halogenated alkanes) is 4. The molecule has 0 saturated carbocycles. The van der Waals surface area contributed by atoms with E-state index in [4.69, 9.17) is 58.8 Å². The molecule has 4 unspecified atom stereocenters. The van der Waals surface area contributed by atoms with E-state index in [-0.39, 0.29) is 97.6 Å². The molecule has 10 heterocycles. The van der Waals surface area contributed by atoms with Crippen LogP contribution in [0.1, 0.15) is 90.5 Å². The summed E-state index contributed by atoms with van der Waals surface area (Å²) in [5, 5.41) is 34.0. The maximum atomic E-state index is 13.0. The molecule has 2 aromatic carbocycles. The van der Waals surface area contributed by atoms with Crippen molar-refractivity contribution in [1.82, 2.24) is 60.3 Å². The van der Waals surface area contributed by atoms with Crippen molar-refractivity contribution in [2.24, 2.45) is 0 Å². The standard InChI is InChI=1S/2C38H50N9O20P3S/c1-2-46(26-9-8-25-19-27(37(50)64-28(25)20-26)24-10-16-45(17-11-24)14-6-18-71(59,60)61)15-5-3-4-7-30(48)40-12-13-41-38(51)65-33-29(21-62-69(55,56)67-70(57,58)66-68(52,53)54)63-36(32(33)49)47-23-44-31-34(39)42-22-43-35(31)47;1-2-46(26-9-8-25-19-27(37(50)64-28(25)20-26)24-10-16-45(17-11-24)14-6-18-71(59,60)61)15-5-3-4-7-30(48)40-12-13-41-38(51)65-33-32(49)29(21-62-69(55,56)67-70(57,58)66-68(52,53)54)63-36(33)47-23-44-31-34(39)42-22-43-35(31)47/h2*8-11,16-17,19-20,22-23,29,32-33,36,49H,2-7,12-15,18,21H2,1H3,(H8-,39,40,41,42,43,48,51,52,53,54,55,56,57,58,59,60,61)/t2*29-,32-,33-,36-/m11/s1.